The Bertz CT molecular complexity index is 1330. The number of aromatic nitrogens is 1. The van der Waals surface area contributed by atoms with Gasteiger partial charge < -0.3 is 14.3 Å². The van der Waals surface area contributed by atoms with Crippen molar-refractivity contribution in [1.29, 1.82) is 0 Å². The van der Waals surface area contributed by atoms with Gasteiger partial charge in [0.1, 0.15) is 17.5 Å². The lowest BCUT2D eigenvalue weighted by Crippen LogP contribution is -2.51. The molecule has 0 saturated carbocycles. The molecule has 2 aliphatic heterocycles. The highest BCUT2D eigenvalue weighted by Gasteiger charge is 2.36. The first-order valence-corrected chi connectivity index (χ1v) is 12.6. The number of hydrazone groups is 1. The van der Waals surface area contributed by atoms with Gasteiger partial charge in [0.25, 0.3) is 11.8 Å². The predicted octanol–water partition coefficient (Wildman–Crippen LogP) is 3.96. The van der Waals surface area contributed by atoms with Crippen LogP contribution < -0.4 is 0 Å². The molecular formula is C26H25N5O3S. The molecule has 9 heteroatoms. The number of furan rings is 1. The number of amides is 2. The van der Waals surface area contributed by atoms with Crippen molar-refractivity contribution in [3.8, 4) is 0 Å². The number of hydrogen-bond donors (Lipinski definition) is 1. The van der Waals surface area contributed by atoms with Crippen LogP contribution in [0, 0.1) is 0 Å². The second-order valence-electron chi connectivity index (χ2n) is 8.84. The second kappa shape index (κ2) is 9.16. The van der Waals surface area contributed by atoms with Crippen molar-refractivity contribution in [2.75, 3.05) is 32.7 Å². The summed E-state index contributed by atoms with van der Waals surface area (Å²) >= 11 is 1.62. The zero-order valence-electron chi connectivity index (χ0n) is 19.1. The highest BCUT2D eigenvalue weighted by Crippen LogP contribution is 2.34. The molecule has 5 heterocycles. The fourth-order valence-corrected chi connectivity index (χ4v) is 5.49. The lowest BCUT2D eigenvalue weighted by Gasteiger charge is -2.34. The average Bonchev–Trinajstić information content (AvgIpc) is 3.69. The molecule has 2 amide bonds. The number of nitrogens with one attached hydrogen (secondary N) is 1. The number of hydrogen-bond acceptors (Lipinski definition) is 6. The van der Waals surface area contributed by atoms with Crippen LogP contribution in [-0.2, 0) is 4.79 Å². The van der Waals surface area contributed by atoms with Crippen LogP contribution in [0.25, 0.3) is 10.9 Å². The second-order valence-corrected chi connectivity index (χ2v) is 9.78. The number of thiophene rings is 1. The van der Waals surface area contributed by atoms with Crippen molar-refractivity contribution in [1.82, 2.24) is 19.8 Å². The van der Waals surface area contributed by atoms with Gasteiger partial charge in [0.15, 0.2) is 0 Å². The summed E-state index contributed by atoms with van der Waals surface area (Å²) in [5.41, 5.74) is 2.47. The summed E-state index contributed by atoms with van der Waals surface area (Å²) in [7, 11) is 0. The number of aromatic amines is 1. The van der Waals surface area contributed by atoms with Crippen LogP contribution in [0.3, 0.4) is 0 Å². The fraction of sp³-hybridized carbons (Fsp3) is 0.269. The Morgan fingerprint density at radius 3 is 2.66 bits per heavy atom. The summed E-state index contributed by atoms with van der Waals surface area (Å²) in [6, 6.07) is 17.3. The molecule has 1 saturated heterocycles. The molecule has 3 aromatic heterocycles. The average molecular weight is 488 g/mol. The predicted molar refractivity (Wildman–Crippen MR) is 134 cm³/mol. The van der Waals surface area contributed by atoms with E-state index in [1.807, 2.05) is 64.9 Å². The minimum Gasteiger partial charge on any atom is -0.467 e. The van der Waals surface area contributed by atoms with Gasteiger partial charge in [-0.25, -0.2) is 5.01 Å². The maximum Gasteiger partial charge on any atom is 0.270 e. The normalized spacial score (nSPS) is 18.9. The van der Waals surface area contributed by atoms with Crippen LogP contribution in [0.2, 0.25) is 0 Å². The molecule has 1 unspecified atom stereocenters. The summed E-state index contributed by atoms with van der Waals surface area (Å²) in [6.45, 7) is 2.68. The third-order valence-corrected chi connectivity index (χ3v) is 7.54. The number of para-hydroxylation sites is 1. The molecule has 4 aromatic rings. The molecule has 0 radical (unpaired) electrons. The number of fused-ring (bicyclic) bond motifs is 1. The van der Waals surface area contributed by atoms with Gasteiger partial charge in [0.2, 0.25) is 0 Å². The molecule has 6 rings (SSSR count). The minimum atomic E-state index is -0.237. The highest BCUT2D eigenvalue weighted by atomic mass is 32.1. The van der Waals surface area contributed by atoms with Gasteiger partial charge in [-0.3, -0.25) is 14.5 Å². The Kier molecular flexibility index (Phi) is 5.71. The Hall–Kier alpha value is -3.69. The third-order valence-electron chi connectivity index (χ3n) is 6.62. The molecule has 35 heavy (non-hydrogen) atoms. The van der Waals surface area contributed by atoms with Crippen molar-refractivity contribution in [3.05, 3.63) is 82.6 Å². The van der Waals surface area contributed by atoms with Crippen LogP contribution in [0.15, 0.2) is 75.8 Å². The standard InChI is InChI=1S/C26H25N5O3S/c32-25(31-22(23-7-3-13-34-23)16-20(28-31)24-8-4-14-35-24)17-29-9-11-30(12-10-29)26(33)21-15-18-5-1-2-6-19(18)27-21/h1-8,13-15,22,27H,9-12,16-17H2. The first-order valence-electron chi connectivity index (χ1n) is 11.7. The molecule has 0 bridgehead atoms. The Balaban J connectivity index is 1.10. The molecule has 178 valence electrons. The van der Waals surface area contributed by atoms with E-state index in [0.29, 0.717) is 38.3 Å². The van der Waals surface area contributed by atoms with Gasteiger partial charge in [0, 0.05) is 43.5 Å². The fourth-order valence-electron chi connectivity index (χ4n) is 4.77. The topological polar surface area (TPSA) is 85.2 Å². The Labute approximate surface area is 206 Å². The molecule has 8 nitrogen and oxygen atoms in total. The largest absolute Gasteiger partial charge is 0.467 e. The van der Waals surface area contributed by atoms with Crippen molar-refractivity contribution < 1.29 is 14.0 Å². The van der Waals surface area contributed by atoms with Crippen molar-refractivity contribution in [2.24, 2.45) is 5.10 Å². The van der Waals surface area contributed by atoms with Gasteiger partial charge in [-0.05, 0) is 35.7 Å². The van der Waals surface area contributed by atoms with E-state index in [1.165, 1.54) is 0 Å². The van der Waals surface area contributed by atoms with E-state index in [4.69, 9.17) is 9.52 Å². The quantitative estimate of drug-likeness (QED) is 0.462. The molecular weight excluding hydrogens is 462 g/mol. The Morgan fingerprint density at radius 2 is 1.91 bits per heavy atom. The van der Waals surface area contributed by atoms with Crippen LogP contribution in [-0.4, -0.2) is 70.0 Å². The SMILES string of the molecule is O=C(c1cc2ccccc2[nH]1)N1CCN(CC(=O)N2N=C(c3cccs3)CC2c2ccco2)CC1. The summed E-state index contributed by atoms with van der Waals surface area (Å²) in [4.78, 5) is 34.6. The summed E-state index contributed by atoms with van der Waals surface area (Å²) < 4.78 is 5.63. The molecule has 1 fully saturated rings. The molecule has 2 aliphatic rings. The van der Waals surface area contributed by atoms with E-state index < -0.39 is 0 Å². The minimum absolute atomic E-state index is 0.00482. The lowest BCUT2D eigenvalue weighted by molar-refractivity contribution is -0.134. The van der Waals surface area contributed by atoms with Gasteiger partial charge in [-0.15, -0.1) is 11.3 Å². The van der Waals surface area contributed by atoms with E-state index in [2.05, 4.69) is 9.88 Å². The summed E-state index contributed by atoms with van der Waals surface area (Å²) in [6.07, 6.45) is 2.26. The first kappa shape index (κ1) is 21.8. The molecule has 0 aliphatic carbocycles. The van der Waals surface area contributed by atoms with Crippen LogP contribution in [0.5, 0.6) is 0 Å². The van der Waals surface area contributed by atoms with Crippen LogP contribution in [0.4, 0.5) is 0 Å². The first-order chi connectivity index (χ1) is 17.2. The summed E-state index contributed by atoms with van der Waals surface area (Å²) in [5.74, 6) is 0.672. The molecule has 1 atom stereocenters. The number of carbonyl (C=O) groups is 2. The smallest absolute Gasteiger partial charge is 0.270 e. The Morgan fingerprint density at radius 1 is 1.06 bits per heavy atom. The zero-order chi connectivity index (χ0) is 23.8. The van der Waals surface area contributed by atoms with Crippen molar-refractivity contribution in [3.63, 3.8) is 0 Å². The van der Waals surface area contributed by atoms with Crippen LogP contribution >= 0.6 is 11.3 Å². The monoisotopic (exact) mass is 487 g/mol. The number of benzene rings is 1. The van der Waals surface area contributed by atoms with E-state index in [0.717, 1.165) is 27.3 Å². The molecule has 1 aromatic carbocycles. The number of carbonyl (C=O) groups excluding carboxylic acids is 2. The van der Waals surface area contributed by atoms with Gasteiger partial charge in [-0.2, -0.15) is 5.10 Å². The summed E-state index contributed by atoms with van der Waals surface area (Å²) in [5, 5.41) is 9.31. The van der Waals surface area contributed by atoms with E-state index in [9.17, 15) is 9.59 Å². The van der Waals surface area contributed by atoms with Crippen molar-refractivity contribution in [2.45, 2.75) is 12.5 Å². The zero-order valence-corrected chi connectivity index (χ0v) is 19.9. The molecule has 0 spiro atoms. The number of piperazine rings is 1. The van der Waals surface area contributed by atoms with Gasteiger partial charge >= 0.3 is 0 Å². The number of rotatable bonds is 5. The maximum absolute atomic E-state index is 13.3. The lowest BCUT2D eigenvalue weighted by atomic mass is 10.1. The van der Waals surface area contributed by atoms with E-state index in [-0.39, 0.29) is 24.4 Å². The van der Waals surface area contributed by atoms with Gasteiger partial charge in [-0.1, -0.05) is 24.3 Å². The maximum atomic E-state index is 13.3. The highest BCUT2D eigenvalue weighted by molar-refractivity contribution is 7.12. The van der Waals surface area contributed by atoms with Crippen LogP contribution in [0.1, 0.15) is 33.6 Å². The van der Waals surface area contributed by atoms with E-state index in [1.54, 1.807) is 22.6 Å². The van der Waals surface area contributed by atoms with Crippen molar-refractivity contribution >= 4 is 39.8 Å². The van der Waals surface area contributed by atoms with Gasteiger partial charge in [0.05, 0.1) is 23.4 Å². The number of nitrogens with zero attached hydrogens (tertiary/aromatic N) is 4. The van der Waals surface area contributed by atoms with E-state index >= 15 is 0 Å². The molecule has 1 N–H and O–H groups in total. The number of H-pyrrole nitrogens is 1. The third kappa shape index (κ3) is 4.28.